The van der Waals surface area contributed by atoms with E-state index in [1.807, 2.05) is 5.51 Å². The fourth-order valence-corrected chi connectivity index (χ4v) is 4.59. The number of piperidine rings is 1. The van der Waals surface area contributed by atoms with Crippen LogP contribution < -0.4 is 9.80 Å². The van der Waals surface area contributed by atoms with Crippen molar-refractivity contribution in [1.29, 1.82) is 0 Å². The van der Waals surface area contributed by atoms with E-state index in [0.29, 0.717) is 24.2 Å². The first kappa shape index (κ1) is 13.5. The zero-order valence-corrected chi connectivity index (χ0v) is 13.4. The topological polar surface area (TPSA) is 82.5 Å². The van der Waals surface area contributed by atoms with Gasteiger partial charge in [0.25, 0.3) is 0 Å². The molecule has 2 aromatic rings. The molecular formula is C15H17N5O2S. The molecule has 0 spiro atoms. The Morgan fingerprint density at radius 2 is 2.04 bits per heavy atom. The lowest BCUT2D eigenvalue weighted by molar-refractivity contribution is -0.137. The van der Waals surface area contributed by atoms with E-state index in [2.05, 4.69) is 19.8 Å². The Hall–Kier alpha value is -1.96. The Kier molecular flexibility index (Phi) is 2.79. The summed E-state index contributed by atoms with van der Waals surface area (Å²) in [6.45, 7) is 3.84. The standard InChI is InChI=1S/C15H17N5O2S/c21-11(22)4-8-9-5-20(6-10(8)9)13-12-14(23-7-16-12)18-15(17-13)19-2-1-3-19/h7-10H,1-6H2,(H,21,22). The van der Waals surface area contributed by atoms with E-state index >= 15 is 0 Å². The van der Waals surface area contributed by atoms with Gasteiger partial charge in [0.15, 0.2) is 10.6 Å². The summed E-state index contributed by atoms with van der Waals surface area (Å²) < 4.78 is 0. The Morgan fingerprint density at radius 3 is 2.70 bits per heavy atom. The van der Waals surface area contributed by atoms with Gasteiger partial charge in [0.2, 0.25) is 5.95 Å². The van der Waals surface area contributed by atoms with Crippen LogP contribution in [0.4, 0.5) is 11.8 Å². The van der Waals surface area contributed by atoms with Gasteiger partial charge in [-0.3, -0.25) is 4.79 Å². The SMILES string of the molecule is O=C(O)CC1C2CN(c3nc(N4CCC4)nc4scnc34)CC12. The average molecular weight is 331 g/mol. The van der Waals surface area contributed by atoms with Gasteiger partial charge in [-0.1, -0.05) is 0 Å². The van der Waals surface area contributed by atoms with Crippen molar-refractivity contribution in [3.05, 3.63) is 5.51 Å². The van der Waals surface area contributed by atoms with Gasteiger partial charge in [-0.15, -0.1) is 11.3 Å². The fourth-order valence-electron chi connectivity index (χ4n) is 3.94. The minimum Gasteiger partial charge on any atom is -0.481 e. The predicted molar refractivity (Wildman–Crippen MR) is 87.0 cm³/mol. The third-order valence-electron chi connectivity index (χ3n) is 5.39. The van der Waals surface area contributed by atoms with Gasteiger partial charge in [0, 0.05) is 32.6 Å². The molecular weight excluding hydrogens is 314 g/mol. The molecule has 0 radical (unpaired) electrons. The first-order valence-corrected chi connectivity index (χ1v) is 8.91. The van der Waals surface area contributed by atoms with Gasteiger partial charge in [-0.05, 0) is 24.2 Å². The van der Waals surface area contributed by atoms with Gasteiger partial charge in [0.1, 0.15) is 5.52 Å². The first-order valence-electron chi connectivity index (χ1n) is 8.03. The largest absolute Gasteiger partial charge is 0.481 e. The van der Waals surface area contributed by atoms with E-state index in [1.54, 1.807) is 11.3 Å². The van der Waals surface area contributed by atoms with Crippen LogP contribution in [0.5, 0.6) is 0 Å². The van der Waals surface area contributed by atoms with Gasteiger partial charge in [-0.2, -0.15) is 9.97 Å². The molecule has 0 amide bonds. The number of aromatic nitrogens is 3. The maximum atomic E-state index is 10.9. The highest BCUT2D eigenvalue weighted by Crippen LogP contribution is 2.54. The van der Waals surface area contributed by atoms with Crippen LogP contribution in [0, 0.1) is 17.8 Å². The Balaban J connectivity index is 1.43. The zero-order valence-electron chi connectivity index (χ0n) is 12.6. The number of hydrogen-bond acceptors (Lipinski definition) is 7. The third-order valence-corrected chi connectivity index (χ3v) is 6.11. The summed E-state index contributed by atoms with van der Waals surface area (Å²) >= 11 is 1.55. The third kappa shape index (κ3) is 2.08. The number of thiazole rings is 1. The molecule has 2 aliphatic heterocycles. The number of carboxylic acids is 1. The van der Waals surface area contributed by atoms with Crippen molar-refractivity contribution in [3.8, 4) is 0 Å². The minimum absolute atomic E-state index is 0.304. The van der Waals surface area contributed by atoms with Crippen molar-refractivity contribution in [1.82, 2.24) is 15.0 Å². The molecule has 2 saturated heterocycles. The molecule has 5 rings (SSSR count). The van der Waals surface area contributed by atoms with E-state index in [1.165, 1.54) is 6.42 Å². The quantitative estimate of drug-likeness (QED) is 0.908. The number of rotatable bonds is 4. The first-order chi connectivity index (χ1) is 11.2. The maximum absolute atomic E-state index is 10.9. The molecule has 2 unspecified atom stereocenters. The van der Waals surface area contributed by atoms with Gasteiger partial charge < -0.3 is 14.9 Å². The lowest BCUT2D eigenvalue weighted by atomic mass is 10.2. The smallest absolute Gasteiger partial charge is 0.303 e. The monoisotopic (exact) mass is 331 g/mol. The number of carboxylic acid groups (broad SMARTS) is 1. The lowest BCUT2D eigenvalue weighted by Crippen LogP contribution is -2.38. The summed E-state index contributed by atoms with van der Waals surface area (Å²) in [5.41, 5.74) is 2.71. The van der Waals surface area contributed by atoms with Crippen molar-refractivity contribution < 1.29 is 9.90 Å². The molecule has 0 bridgehead atoms. The highest BCUT2D eigenvalue weighted by atomic mass is 32.1. The maximum Gasteiger partial charge on any atom is 0.303 e. The van der Waals surface area contributed by atoms with Crippen molar-refractivity contribution >= 4 is 39.4 Å². The van der Waals surface area contributed by atoms with Crippen LogP contribution in [0.15, 0.2) is 5.51 Å². The normalized spacial score (nSPS) is 28.8. The molecule has 1 aliphatic carbocycles. The number of carbonyl (C=O) groups is 1. The number of nitrogens with zero attached hydrogens (tertiary/aromatic N) is 5. The second-order valence-electron chi connectivity index (χ2n) is 6.69. The zero-order chi connectivity index (χ0) is 15.6. The number of hydrogen-bond donors (Lipinski definition) is 1. The molecule has 2 atom stereocenters. The molecule has 1 N–H and O–H groups in total. The van der Waals surface area contributed by atoms with E-state index in [-0.39, 0.29) is 0 Å². The fraction of sp³-hybridized carbons (Fsp3) is 0.600. The van der Waals surface area contributed by atoms with Crippen molar-refractivity contribution in [2.45, 2.75) is 12.8 Å². The second kappa shape index (κ2) is 4.77. The van der Waals surface area contributed by atoms with Crippen molar-refractivity contribution in [3.63, 3.8) is 0 Å². The van der Waals surface area contributed by atoms with Crippen LogP contribution in [0.25, 0.3) is 10.3 Å². The summed E-state index contributed by atoms with van der Waals surface area (Å²) in [5, 5.41) is 8.96. The lowest BCUT2D eigenvalue weighted by Gasteiger charge is -2.31. The Morgan fingerprint density at radius 1 is 1.26 bits per heavy atom. The summed E-state index contributed by atoms with van der Waals surface area (Å²) in [4.78, 5) is 30.2. The van der Waals surface area contributed by atoms with E-state index < -0.39 is 5.97 Å². The highest BCUT2D eigenvalue weighted by Gasteiger charge is 2.56. The van der Waals surface area contributed by atoms with Gasteiger partial charge in [-0.25, -0.2) is 4.98 Å². The second-order valence-corrected chi connectivity index (χ2v) is 7.52. The van der Waals surface area contributed by atoms with Crippen LogP contribution in [0.1, 0.15) is 12.8 Å². The summed E-state index contributed by atoms with van der Waals surface area (Å²) in [6.07, 6.45) is 1.50. The van der Waals surface area contributed by atoms with E-state index in [9.17, 15) is 4.79 Å². The highest BCUT2D eigenvalue weighted by molar-refractivity contribution is 7.16. The molecule has 120 valence electrons. The molecule has 23 heavy (non-hydrogen) atoms. The molecule has 1 saturated carbocycles. The number of fused-ring (bicyclic) bond motifs is 2. The van der Waals surface area contributed by atoms with Crippen LogP contribution in [0.3, 0.4) is 0 Å². The molecule has 4 heterocycles. The minimum atomic E-state index is -0.681. The number of aliphatic carboxylic acids is 1. The van der Waals surface area contributed by atoms with Crippen LogP contribution in [-0.4, -0.2) is 52.2 Å². The molecule has 2 aromatic heterocycles. The average Bonchev–Trinajstić information content (AvgIpc) is 2.88. The van der Waals surface area contributed by atoms with Crippen molar-refractivity contribution in [2.75, 3.05) is 36.0 Å². The van der Waals surface area contributed by atoms with Gasteiger partial charge in [0.05, 0.1) is 5.51 Å². The summed E-state index contributed by atoms with van der Waals surface area (Å²) in [5.74, 6) is 2.42. The number of anilines is 2. The molecule has 3 aliphatic rings. The Labute approximate surface area is 137 Å². The molecule has 0 aromatic carbocycles. The Bertz CT molecular complexity index is 777. The van der Waals surface area contributed by atoms with Crippen LogP contribution >= 0.6 is 11.3 Å². The predicted octanol–water partition coefficient (Wildman–Crippen LogP) is 1.45. The van der Waals surface area contributed by atoms with E-state index in [0.717, 1.165) is 48.3 Å². The molecule has 7 nitrogen and oxygen atoms in total. The molecule has 8 heteroatoms. The van der Waals surface area contributed by atoms with E-state index in [4.69, 9.17) is 10.1 Å². The summed E-state index contributed by atoms with van der Waals surface area (Å²) in [7, 11) is 0. The molecule has 3 fully saturated rings. The van der Waals surface area contributed by atoms with Crippen LogP contribution in [0.2, 0.25) is 0 Å². The van der Waals surface area contributed by atoms with Crippen molar-refractivity contribution in [2.24, 2.45) is 17.8 Å². The van der Waals surface area contributed by atoms with Gasteiger partial charge >= 0.3 is 5.97 Å². The summed E-state index contributed by atoms with van der Waals surface area (Å²) in [6, 6.07) is 0. The van der Waals surface area contributed by atoms with Crippen LogP contribution in [-0.2, 0) is 4.79 Å².